The van der Waals surface area contributed by atoms with Gasteiger partial charge in [0.15, 0.2) is 0 Å². The van der Waals surface area contributed by atoms with Gasteiger partial charge in [-0.1, -0.05) is 24.3 Å². The van der Waals surface area contributed by atoms with Crippen molar-refractivity contribution in [1.29, 1.82) is 0 Å². The standard InChI is InChI=1S/C16H15NO3S/c1-9-8-21-14(16(19)20)13(9)17-15(18)12-6-10-4-2-3-5-11(10)7-12/h2-5,8,12H,6-7H2,1H3,(H,17,18)(H,19,20). The third-order valence-electron chi connectivity index (χ3n) is 3.84. The van der Waals surface area contributed by atoms with Gasteiger partial charge in [-0.25, -0.2) is 4.79 Å². The van der Waals surface area contributed by atoms with Crippen molar-refractivity contribution in [3.8, 4) is 0 Å². The van der Waals surface area contributed by atoms with E-state index in [1.807, 2.05) is 31.2 Å². The number of benzene rings is 1. The van der Waals surface area contributed by atoms with Crippen molar-refractivity contribution >= 4 is 28.9 Å². The molecule has 1 aliphatic carbocycles. The Morgan fingerprint density at radius 1 is 1.24 bits per heavy atom. The molecule has 0 saturated carbocycles. The van der Waals surface area contributed by atoms with Crippen LogP contribution in [0.3, 0.4) is 0 Å². The minimum atomic E-state index is -1.00. The maximum absolute atomic E-state index is 12.4. The average Bonchev–Trinajstić information content (AvgIpc) is 3.03. The molecule has 3 rings (SSSR count). The maximum atomic E-state index is 12.4. The number of carbonyl (C=O) groups is 2. The van der Waals surface area contributed by atoms with Crippen LogP contribution < -0.4 is 5.32 Å². The van der Waals surface area contributed by atoms with Crippen LogP contribution in [-0.4, -0.2) is 17.0 Å². The molecule has 2 aromatic rings. The highest BCUT2D eigenvalue weighted by molar-refractivity contribution is 7.12. The number of hydrogen-bond acceptors (Lipinski definition) is 3. The number of carboxylic acids is 1. The van der Waals surface area contributed by atoms with Crippen LogP contribution in [-0.2, 0) is 17.6 Å². The van der Waals surface area contributed by atoms with Gasteiger partial charge in [-0.3, -0.25) is 4.79 Å². The molecule has 0 bridgehead atoms. The number of amides is 1. The fourth-order valence-electron chi connectivity index (χ4n) is 2.73. The lowest BCUT2D eigenvalue weighted by molar-refractivity contribution is -0.119. The summed E-state index contributed by atoms with van der Waals surface area (Å²) in [5.74, 6) is -1.23. The molecule has 1 aromatic carbocycles. The Morgan fingerprint density at radius 3 is 2.43 bits per heavy atom. The Hall–Kier alpha value is -2.14. The number of fused-ring (bicyclic) bond motifs is 1. The van der Waals surface area contributed by atoms with E-state index in [0.717, 1.165) is 16.9 Å². The number of nitrogens with one attached hydrogen (secondary N) is 1. The third-order valence-corrected chi connectivity index (χ3v) is 4.93. The number of hydrogen-bond donors (Lipinski definition) is 2. The molecule has 21 heavy (non-hydrogen) atoms. The van der Waals surface area contributed by atoms with Crippen molar-refractivity contribution in [2.75, 3.05) is 5.32 Å². The lowest BCUT2D eigenvalue weighted by Gasteiger charge is -2.11. The van der Waals surface area contributed by atoms with Gasteiger partial charge in [0.05, 0.1) is 5.69 Å². The first-order valence-corrected chi connectivity index (χ1v) is 7.63. The molecule has 0 fully saturated rings. The first kappa shape index (κ1) is 13.8. The van der Waals surface area contributed by atoms with Crippen molar-refractivity contribution in [3.05, 3.63) is 51.2 Å². The Bertz CT molecular complexity index is 695. The summed E-state index contributed by atoms with van der Waals surface area (Å²) in [6, 6.07) is 8.04. The predicted octanol–water partition coefficient (Wildman–Crippen LogP) is 3.11. The summed E-state index contributed by atoms with van der Waals surface area (Å²) in [6.45, 7) is 1.81. The van der Waals surface area contributed by atoms with Gasteiger partial charge >= 0.3 is 5.97 Å². The molecule has 1 heterocycles. The molecular weight excluding hydrogens is 286 g/mol. The van der Waals surface area contributed by atoms with Gasteiger partial charge in [-0.2, -0.15) is 0 Å². The molecule has 0 saturated heterocycles. The number of carboxylic acid groups (broad SMARTS) is 1. The molecule has 0 atom stereocenters. The molecule has 5 heteroatoms. The molecule has 1 amide bonds. The van der Waals surface area contributed by atoms with Crippen molar-refractivity contribution in [1.82, 2.24) is 0 Å². The molecule has 0 radical (unpaired) electrons. The number of aryl methyl sites for hydroxylation is 1. The molecular formula is C16H15NO3S. The zero-order valence-electron chi connectivity index (χ0n) is 11.6. The number of aromatic carboxylic acids is 1. The van der Waals surface area contributed by atoms with Gasteiger partial charge in [0.2, 0.25) is 5.91 Å². The normalized spacial score (nSPS) is 14.0. The Balaban J connectivity index is 1.77. The number of anilines is 1. The summed E-state index contributed by atoms with van der Waals surface area (Å²) in [5, 5.41) is 13.7. The van der Waals surface area contributed by atoms with Gasteiger partial charge in [0.1, 0.15) is 4.88 Å². The van der Waals surface area contributed by atoms with Crippen molar-refractivity contribution in [2.24, 2.45) is 5.92 Å². The largest absolute Gasteiger partial charge is 0.477 e. The second-order valence-corrected chi connectivity index (χ2v) is 6.17. The highest BCUT2D eigenvalue weighted by Crippen LogP contribution is 2.31. The highest BCUT2D eigenvalue weighted by atomic mass is 32.1. The Labute approximate surface area is 126 Å². The van der Waals surface area contributed by atoms with E-state index in [1.54, 1.807) is 5.38 Å². The molecule has 0 aliphatic heterocycles. The van der Waals surface area contributed by atoms with Gasteiger partial charge in [-0.15, -0.1) is 11.3 Å². The van der Waals surface area contributed by atoms with Gasteiger partial charge in [0.25, 0.3) is 0 Å². The first-order chi connectivity index (χ1) is 10.1. The number of thiophene rings is 1. The quantitative estimate of drug-likeness (QED) is 0.915. The van der Waals surface area contributed by atoms with Crippen molar-refractivity contribution in [2.45, 2.75) is 19.8 Å². The second kappa shape index (κ2) is 5.33. The van der Waals surface area contributed by atoms with Gasteiger partial charge in [0, 0.05) is 5.92 Å². The molecule has 0 spiro atoms. The fraction of sp³-hybridized carbons (Fsp3) is 0.250. The monoisotopic (exact) mass is 301 g/mol. The number of carbonyl (C=O) groups excluding carboxylic acids is 1. The summed E-state index contributed by atoms with van der Waals surface area (Å²) < 4.78 is 0. The summed E-state index contributed by atoms with van der Waals surface area (Å²) in [7, 11) is 0. The van der Waals surface area contributed by atoms with E-state index in [1.165, 1.54) is 11.1 Å². The molecule has 2 N–H and O–H groups in total. The van der Waals surface area contributed by atoms with Crippen LogP contribution in [0.5, 0.6) is 0 Å². The van der Waals surface area contributed by atoms with Crippen LogP contribution in [0.25, 0.3) is 0 Å². The lowest BCUT2D eigenvalue weighted by atomic mass is 10.1. The van der Waals surface area contributed by atoms with E-state index in [2.05, 4.69) is 5.32 Å². The Kier molecular flexibility index (Phi) is 3.51. The second-order valence-electron chi connectivity index (χ2n) is 5.29. The Morgan fingerprint density at radius 2 is 1.86 bits per heavy atom. The molecule has 4 nitrogen and oxygen atoms in total. The van der Waals surface area contributed by atoms with E-state index in [9.17, 15) is 9.59 Å². The summed E-state index contributed by atoms with van der Waals surface area (Å²) in [6.07, 6.45) is 1.43. The van der Waals surface area contributed by atoms with Crippen LogP contribution >= 0.6 is 11.3 Å². The summed E-state index contributed by atoms with van der Waals surface area (Å²) >= 11 is 1.14. The zero-order chi connectivity index (χ0) is 15.0. The van der Waals surface area contributed by atoms with Crippen LogP contribution in [0.2, 0.25) is 0 Å². The van der Waals surface area contributed by atoms with Crippen LogP contribution in [0.1, 0.15) is 26.4 Å². The average molecular weight is 301 g/mol. The van der Waals surface area contributed by atoms with E-state index >= 15 is 0 Å². The third kappa shape index (κ3) is 2.56. The van der Waals surface area contributed by atoms with Crippen LogP contribution in [0.4, 0.5) is 5.69 Å². The van der Waals surface area contributed by atoms with E-state index in [-0.39, 0.29) is 16.7 Å². The first-order valence-electron chi connectivity index (χ1n) is 6.75. The van der Waals surface area contributed by atoms with E-state index in [4.69, 9.17) is 5.11 Å². The zero-order valence-corrected chi connectivity index (χ0v) is 12.4. The molecule has 0 unspecified atom stereocenters. The predicted molar refractivity (Wildman–Crippen MR) is 82.0 cm³/mol. The van der Waals surface area contributed by atoms with E-state index in [0.29, 0.717) is 18.5 Å². The SMILES string of the molecule is Cc1csc(C(=O)O)c1NC(=O)C1Cc2ccccc2C1. The molecule has 108 valence electrons. The maximum Gasteiger partial charge on any atom is 0.348 e. The lowest BCUT2D eigenvalue weighted by Crippen LogP contribution is -2.24. The van der Waals surface area contributed by atoms with Gasteiger partial charge < -0.3 is 10.4 Å². The van der Waals surface area contributed by atoms with Crippen LogP contribution in [0.15, 0.2) is 29.6 Å². The number of rotatable bonds is 3. The smallest absolute Gasteiger partial charge is 0.348 e. The van der Waals surface area contributed by atoms with Crippen molar-refractivity contribution in [3.63, 3.8) is 0 Å². The minimum Gasteiger partial charge on any atom is -0.477 e. The summed E-state index contributed by atoms with van der Waals surface area (Å²) in [4.78, 5) is 23.8. The fourth-order valence-corrected chi connectivity index (χ4v) is 3.57. The topological polar surface area (TPSA) is 66.4 Å². The molecule has 1 aromatic heterocycles. The summed E-state index contributed by atoms with van der Waals surface area (Å²) in [5.41, 5.74) is 3.64. The molecule has 1 aliphatic rings. The van der Waals surface area contributed by atoms with Crippen LogP contribution in [0, 0.1) is 12.8 Å². The minimum absolute atomic E-state index is 0.102. The van der Waals surface area contributed by atoms with E-state index < -0.39 is 5.97 Å². The highest BCUT2D eigenvalue weighted by Gasteiger charge is 2.28. The van der Waals surface area contributed by atoms with Crippen molar-refractivity contribution < 1.29 is 14.7 Å². The van der Waals surface area contributed by atoms with Gasteiger partial charge in [-0.05, 0) is 41.8 Å².